The number of hydrogen-bond donors (Lipinski definition) is 0. The van der Waals surface area contributed by atoms with Crippen LogP contribution < -0.4 is 5.56 Å². The van der Waals surface area contributed by atoms with Crippen LogP contribution in [0.4, 0.5) is 0 Å². The number of benzene rings is 2. The minimum absolute atomic E-state index is 0.208. The maximum absolute atomic E-state index is 13.4. The summed E-state index contributed by atoms with van der Waals surface area (Å²) in [7, 11) is 1.84. The first-order valence-corrected chi connectivity index (χ1v) is 11.6. The molecule has 11 nitrogen and oxygen atoms in total. The van der Waals surface area contributed by atoms with Crippen molar-refractivity contribution in [3.05, 3.63) is 81.5 Å². The van der Waals surface area contributed by atoms with E-state index in [1.807, 2.05) is 76.3 Å². The Labute approximate surface area is 199 Å². The maximum atomic E-state index is 13.4. The van der Waals surface area contributed by atoms with Crippen LogP contribution in [0.5, 0.6) is 0 Å². The summed E-state index contributed by atoms with van der Waals surface area (Å²) in [5.41, 5.74) is 4.79. The molecule has 0 saturated carbocycles. The Balaban J connectivity index is 1.49. The number of nitrogens with zero attached hydrogens (tertiary/aromatic N) is 10. The van der Waals surface area contributed by atoms with E-state index in [0.29, 0.717) is 22.4 Å². The molecule has 172 valence electrons. The summed E-state index contributed by atoms with van der Waals surface area (Å²) >= 11 is 1.36. The maximum Gasteiger partial charge on any atom is 0.297 e. The Morgan fingerprint density at radius 2 is 1.50 bits per heavy atom. The van der Waals surface area contributed by atoms with Gasteiger partial charge >= 0.3 is 0 Å². The van der Waals surface area contributed by atoms with Crippen molar-refractivity contribution in [1.29, 1.82) is 0 Å². The van der Waals surface area contributed by atoms with Crippen LogP contribution in [0.25, 0.3) is 17.1 Å². The first-order valence-electron chi connectivity index (χ1n) is 10.6. The molecule has 0 radical (unpaired) electrons. The molecule has 0 atom stereocenters. The molecule has 12 heteroatoms. The van der Waals surface area contributed by atoms with Crippen molar-refractivity contribution in [2.45, 2.75) is 31.7 Å². The Morgan fingerprint density at radius 3 is 2.24 bits per heavy atom. The number of para-hydroxylation sites is 2. The van der Waals surface area contributed by atoms with E-state index >= 15 is 0 Å². The normalized spacial score (nSPS) is 11.3. The summed E-state index contributed by atoms with van der Waals surface area (Å²) in [5, 5.41) is 24.8. The second-order valence-corrected chi connectivity index (χ2v) is 8.76. The van der Waals surface area contributed by atoms with Gasteiger partial charge in [0.25, 0.3) is 5.56 Å². The highest BCUT2D eigenvalue weighted by atomic mass is 32.2. The molecule has 0 aliphatic carbocycles. The van der Waals surface area contributed by atoms with Gasteiger partial charge in [0, 0.05) is 7.05 Å². The zero-order valence-corrected chi connectivity index (χ0v) is 19.9. The van der Waals surface area contributed by atoms with Gasteiger partial charge in [-0.3, -0.25) is 9.48 Å². The van der Waals surface area contributed by atoms with Crippen molar-refractivity contribution in [3.8, 4) is 17.1 Å². The van der Waals surface area contributed by atoms with Crippen LogP contribution in [0, 0.1) is 20.8 Å². The number of tetrazole rings is 2. The Morgan fingerprint density at radius 1 is 0.824 bits per heavy atom. The summed E-state index contributed by atoms with van der Waals surface area (Å²) in [5.74, 6) is 1.07. The fourth-order valence-corrected chi connectivity index (χ4v) is 4.73. The van der Waals surface area contributed by atoms with Crippen molar-refractivity contribution in [1.82, 2.24) is 49.8 Å². The first kappa shape index (κ1) is 21.8. The van der Waals surface area contributed by atoms with Crippen molar-refractivity contribution < 1.29 is 0 Å². The van der Waals surface area contributed by atoms with Gasteiger partial charge in [0.2, 0.25) is 5.16 Å². The summed E-state index contributed by atoms with van der Waals surface area (Å²) in [6, 6.07) is 15.5. The van der Waals surface area contributed by atoms with E-state index in [0.717, 1.165) is 28.2 Å². The quantitative estimate of drug-likeness (QED) is 0.345. The molecule has 0 aliphatic heterocycles. The fraction of sp³-hybridized carbons (Fsp3) is 0.227. The largest absolute Gasteiger partial charge is 0.297 e. The van der Waals surface area contributed by atoms with Gasteiger partial charge in [0.15, 0.2) is 11.5 Å². The van der Waals surface area contributed by atoms with E-state index < -0.39 is 0 Å². The zero-order chi connectivity index (χ0) is 23.8. The van der Waals surface area contributed by atoms with Gasteiger partial charge in [0.05, 0.1) is 22.8 Å². The third-order valence-corrected chi connectivity index (χ3v) is 6.61. The average molecular weight is 475 g/mol. The molecule has 0 bridgehead atoms. The number of rotatable bonds is 6. The number of aryl methyl sites for hydroxylation is 2. The highest BCUT2D eigenvalue weighted by Crippen LogP contribution is 2.25. The van der Waals surface area contributed by atoms with Crippen LogP contribution in [0.15, 0.2) is 58.5 Å². The van der Waals surface area contributed by atoms with Gasteiger partial charge in [-0.25, -0.2) is 4.68 Å². The smallest absolute Gasteiger partial charge is 0.283 e. The van der Waals surface area contributed by atoms with Gasteiger partial charge in [-0.1, -0.05) is 48.2 Å². The lowest BCUT2D eigenvalue weighted by molar-refractivity contribution is 0.630. The van der Waals surface area contributed by atoms with Crippen LogP contribution in [0.3, 0.4) is 0 Å². The molecule has 0 amide bonds. The molecule has 0 unspecified atom stereocenters. The van der Waals surface area contributed by atoms with Gasteiger partial charge in [-0.05, 0) is 64.9 Å². The summed E-state index contributed by atoms with van der Waals surface area (Å²) < 4.78 is 6.61. The van der Waals surface area contributed by atoms with Crippen LogP contribution in [-0.4, -0.2) is 49.8 Å². The number of aromatic nitrogens is 10. The SMILES string of the molecule is Cc1cccc(C)c1-n1nnnc1CSc1nnnn1-c1c(C)n(C)n(-c2ccccc2)c1=O. The first-order chi connectivity index (χ1) is 16.5. The monoisotopic (exact) mass is 474 g/mol. The number of thioether (sulfide) groups is 1. The van der Waals surface area contributed by atoms with E-state index in [2.05, 4.69) is 31.1 Å². The van der Waals surface area contributed by atoms with Crippen LogP contribution in [0.1, 0.15) is 22.6 Å². The van der Waals surface area contributed by atoms with Crippen molar-refractivity contribution in [2.24, 2.45) is 7.05 Å². The minimum Gasteiger partial charge on any atom is -0.283 e. The van der Waals surface area contributed by atoms with Crippen LogP contribution >= 0.6 is 11.8 Å². The summed E-state index contributed by atoms with van der Waals surface area (Å²) in [6.45, 7) is 5.92. The Kier molecular flexibility index (Phi) is 5.57. The lowest BCUT2D eigenvalue weighted by atomic mass is 10.1. The van der Waals surface area contributed by atoms with Gasteiger partial charge in [0.1, 0.15) is 0 Å². The minimum atomic E-state index is -0.208. The molecule has 0 saturated heterocycles. The molecule has 5 rings (SSSR count). The molecule has 0 fully saturated rings. The standard InChI is InChI=1S/C22H22N10OS/c1-14-9-8-10-15(2)19(14)30-18(23-25-27-30)13-34-22-24-26-28-31(22)20-16(3)29(4)32(21(20)33)17-11-6-5-7-12-17/h5-12H,13H2,1-4H3. The van der Waals surface area contributed by atoms with Crippen molar-refractivity contribution in [3.63, 3.8) is 0 Å². The van der Waals surface area contributed by atoms with Gasteiger partial charge < -0.3 is 0 Å². The summed E-state index contributed by atoms with van der Waals surface area (Å²) in [4.78, 5) is 13.4. The summed E-state index contributed by atoms with van der Waals surface area (Å²) in [6.07, 6.45) is 0. The highest BCUT2D eigenvalue weighted by Gasteiger charge is 2.23. The molecular weight excluding hydrogens is 452 g/mol. The topological polar surface area (TPSA) is 114 Å². The molecule has 5 aromatic rings. The van der Waals surface area contributed by atoms with E-state index in [4.69, 9.17) is 0 Å². The second kappa shape index (κ2) is 8.71. The van der Waals surface area contributed by atoms with Crippen LogP contribution in [-0.2, 0) is 12.8 Å². The highest BCUT2D eigenvalue weighted by molar-refractivity contribution is 7.98. The average Bonchev–Trinajstić information content (AvgIpc) is 3.52. The van der Waals surface area contributed by atoms with Crippen molar-refractivity contribution >= 4 is 11.8 Å². The molecule has 2 aromatic carbocycles. The van der Waals surface area contributed by atoms with Crippen molar-refractivity contribution in [2.75, 3.05) is 0 Å². The molecular formula is C22H22N10OS. The molecule has 0 spiro atoms. The van der Waals surface area contributed by atoms with E-state index in [1.165, 1.54) is 16.4 Å². The van der Waals surface area contributed by atoms with Gasteiger partial charge in [-0.2, -0.15) is 9.36 Å². The van der Waals surface area contributed by atoms with Gasteiger partial charge in [-0.15, -0.1) is 10.2 Å². The number of hydrogen-bond acceptors (Lipinski definition) is 8. The Hall–Kier alpha value is -4.06. The molecule has 0 N–H and O–H groups in total. The Bertz CT molecular complexity index is 1510. The fourth-order valence-electron chi connectivity index (χ4n) is 3.95. The van der Waals surface area contributed by atoms with E-state index in [9.17, 15) is 4.79 Å². The lowest BCUT2D eigenvalue weighted by Gasteiger charge is -2.10. The van der Waals surface area contributed by atoms with E-state index in [-0.39, 0.29) is 5.56 Å². The third kappa shape index (κ3) is 3.61. The molecule has 0 aliphatic rings. The second-order valence-electron chi connectivity index (χ2n) is 7.82. The zero-order valence-electron chi connectivity index (χ0n) is 19.1. The molecule has 3 aromatic heterocycles. The predicted octanol–water partition coefficient (Wildman–Crippen LogP) is 2.34. The van der Waals surface area contributed by atoms with Crippen LogP contribution in [0.2, 0.25) is 0 Å². The molecule has 3 heterocycles. The lowest BCUT2D eigenvalue weighted by Crippen LogP contribution is -2.22. The third-order valence-electron chi connectivity index (χ3n) is 5.69. The molecule has 34 heavy (non-hydrogen) atoms. The van der Waals surface area contributed by atoms with E-state index in [1.54, 1.807) is 14.0 Å². The predicted molar refractivity (Wildman–Crippen MR) is 127 cm³/mol.